The lowest BCUT2D eigenvalue weighted by atomic mass is 10.1. The second-order valence-corrected chi connectivity index (χ2v) is 11.7. The molecule has 0 saturated heterocycles. The third-order valence-corrected chi connectivity index (χ3v) is 8.14. The van der Waals surface area contributed by atoms with Crippen molar-refractivity contribution in [3.63, 3.8) is 0 Å². The third kappa shape index (κ3) is 8.75. The van der Waals surface area contributed by atoms with Gasteiger partial charge in [-0.2, -0.15) is 0 Å². The van der Waals surface area contributed by atoms with E-state index in [4.69, 9.17) is 16.0 Å². The van der Waals surface area contributed by atoms with Crippen molar-refractivity contribution in [2.45, 2.75) is 18.7 Å². The van der Waals surface area contributed by atoms with Crippen LogP contribution >= 0.6 is 23.4 Å². The van der Waals surface area contributed by atoms with Gasteiger partial charge >= 0.3 is 0 Å². The summed E-state index contributed by atoms with van der Waals surface area (Å²) in [6, 6.07) is 32.6. The minimum Gasteiger partial charge on any atom is -0.457 e. The number of carbonyl (C=O) groups is 3. The molecule has 7 nitrogen and oxygen atoms in total. The Bertz CT molecular complexity index is 1850. The number of benzene rings is 4. The number of aryl methyl sites for hydroxylation is 2. The van der Waals surface area contributed by atoms with Crippen molar-refractivity contribution in [2.24, 2.45) is 0 Å². The second kappa shape index (κ2) is 14.6. The summed E-state index contributed by atoms with van der Waals surface area (Å²) in [6.07, 6.45) is 1.50. The van der Waals surface area contributed by atoms with Gasteiger partial charge in [-0.05, 0) is 80.1 Å². The maximum absolute atomic E-state index is 13.4. The molecular formula is C36H30ClN3O4S. The first-order valence-corrected chi connectivity index (χ1v) is 15.4. The number of amides is 3. The van der Waals surface area contributed by atoms with Gasteiger partial charge in [-0.15, -0.1) is 11.8 Å². The lowest BCUT2D eigenvalue weighted by Crippen LogP contribution is -2.30. The van der Waals surface area contributed by atoms with Crippen LogP contribution in [-0.2, 0) is 9.59 Å². The number of hydrogen-bond donors (Lipinski definition) is 3. The van der Waals surface area contributed by atoms with Crippen LogP contribution in [-0.4, -0.2) is 23.5 Å². The lowest BCUT2D eigenvalue weighted by molar-refractivity contribution is -0.114. The average Bonchev–Trinajstić information content (AvgIpc) is 3.51. The minimum atomic E-state index is -0.524. The molecule has 0 spiro atoms. The quantitative estimate of drug-likeness (QED) is 0.106. The molecule has 3 N–H and O–H groups in total. The Balaban J connectivity index is 1.26. The van der Waals surface area contributed by atoms with Gasteiger partial charge in [0, 0.05) is 38.5 Å². The molecule has 9 heteroatoms. The maximum atomic E-state index is 13.4. The summed E-state index contributed by atoms with van der Waals surface area (Å²) in [7, 11) is 0. The molecule has 0 fully saturated rings. The molecule has 0 aliphatic heterocycles. The van der Waals surface area contributed by atoms with E-state index in [2.05, 4.69) is 16.0 Å². The normalized spacial score (nSPS) is 11.1. The molecule has 5 rings (SSSR count). The van der Waals surface area contributed by atoms with E-state index in [9.17, 15) is 14.4 Å². The van der Waals surface area contributed by atoms with E-state index in [1.54, 1.807) is 54.6 Å². The Morgan fingerprint density at radius 2 is 1.51 bits per heavy atom. The smallest absolute Gasteiger partial charge is 0.272 e. The van der Waals surface area contributed by atoms with Crippen molar-refractivity contribution in [2.75, 3.05) is 16.4 Å². The Kier molecular flexibility index (Phi) is 10.2. The molecule has 0 atom stereocenters. The Morgan fingerprint density at radius 3 is 2.22 bits per heavy atom. The number of carbonyl (C=O) groups excluding carboxylic acids is 3. The van der Waals surface area contributed by atoms with Crippen LogP contribution in [0.4, 0.5) is 11.4 Å². The fourth-order valence-corrected chi connectivity index (χ4v) is 5.12. The number of hydrogen-bond acceptors (Lipinski definition) is 5. The highest BCUT2D eigenvalue weighted by atomic mass is 35.5. The Labute approximate surface area is 270 Å². The van der Waals surface area contributed by atoms with Gasteiger partial charge in [0.25, 0.3) is 11.8 Å². The highest BCUT2D eigenvalue weighted by Gasteiger charge is 2.16. The zero-order valence-electron chi connectivity index (χ0n) is 24.6. The van der Waals surface area contributed by atoms with E-state index in [0.717, 1.165) is 21.6 Å². The summed E-state index contributed by atoms with van der Waals surface area (Å²) in [4.78, 5) is 39.7. The van der Waals surface area contributed by atoms with Gasteiger partial charge in [0.2, 0.25) is 5.91 Å². The Morgan fingerprint density at radius 1 is 0.800 bits per heavy atom. The van der Waals surface area contributed by atoms with Crippen molar-refractivity contribution in [3.8, 4) is 11.3 Å². The zero-order valence-corrected chi connectivity index (χ0v) is 26.2. The largest absolute Gasteiger partial charge is 0.457 e. The predicted molar refractivity (Wildman–Crippen MR) is 181 cm³/mol. The molecule has 4 aromatic carbocycles. The maximum Gasteiger partial charge on any atom is 0.272 e. The molecule has 226 valence electrons. The SMILES string of the molecule is Cc1ccc(-c2ccc(C=C(NC(=O)c3ccccc3)C(=O)Nc3ccc(SCC(=O)Nc4ccc(C)c(Cl)c4)cc3)o2)cc1. The minimum absolute atomic E-state index is 0.0139. The first kappa shape index (κ1) is 31.4. The molecule has 5 aromatic rings. The fourth-order valence-electron chi connectivity index (χ4n) is 4.24. The Hall–Kier alpha value is -5.05. The molecular weight excluding hydrogens is 606 g/mol. The molecule has 0 saturated carbocycles. The molecule has 0 unspecified atom stereocenters. The van der Waals surface area contributed by atoms with Crippen LogP contribution in [0.2, 0.25) is 5.02 Å². The van der Waals surface area contributed by atoms with Crippen LogP contribution in [0.15, 0.2) is 124 Å². The van der Waals surface area contributed by atoms with Gasteiger partial charge in [-0.3, -0.25) is 14.4 Å². The standard InChI is InChI=1S/C36H30ClN3O4S/c1-23-8-11-25(12-9-23)33-19-16-29(44-33)21-32(40-35(42)26-6-4-3-5-7-26)36(43)39-27-14-17-30(18-15-27)45-22-34(41)38-28-13-10-24(2)31(37)20-28/h3-21H,22H2,1-2H3,(H,38,41)(H,39,43)(H,40,42). The molecule has 45 heavy (non-hydrogen) atoms. The third-order valence-electron chi connectivity index (χ3n) is 6.72. The predicted octanol–water partition coefficient (Wildman–Crippen LogP) is 8.36. The number of furan rings is 1. The summed E-state index contributed by atoms with van der Waals surface area (Å²) in [6.45, 7) is 3.91. The van der Waals surface area contributed by atoms with Crippen LogP contribution in [0.3, 0.4) is 0 Å². The van der Waals surface area contributed by atoms with Gasteiger partial charge in [0.1, 0.15) is 17.2 Å². The summed E-state index contributed by atoms with van der Waals surface area (Å²) < 4.78 is 5.99. The van der Waals surface area contributed by atoms with Crippen LogP contribution in [0.25, 0.3) is 17.4 Å². The summed E-state index contributed by atoms with van der Waals surface area (Å²) in [5, 5.41) is 8.99. The van der Waals surface area contributed by atoms with E-state index in [0.29, 0.717) is 33.5 Å². The summed E-state index contributed by atoms with van der Waals surface area (Å²) in [5.41, 5.74) is 4.54. The molecule has 0 bridgehead atoms. The molecule has 0 radical (unpaired) electrons. The molecule has 0 aliphatic carbocycles. The van der Waals surface area contributed by atoms with Crippen molar-refractivity contribution in [1.82, 2.24) is 5.32 Å². The van der Waals surface area contributed by atoms with E-state index >= 15 is 0 Å². The molecule has 1 heterocycles. The number of rotatable bonds is 10. The molecule has 3 amide bonds. The summed E-state index contributed by atoms with van der Waals surface area (Å²) >= 11 is 7.51. The van der Waals surface area contributed by atoms with Crippen LogP contribution < -0.4 is 16.0 Å². The first-order chi connectivity index (χ1) is 21.7. The monoisotopic (exact) mass is 635 g/mol. The van der Waals surface area contributed by atoms with Crippen molar-refractivity contribution >= 4 is 58.5 Å². The topological polar surface area (TPSA) is 100 Å². The highest BCUT2D eigenvalue weighted by Crippen LogP contribution is 2.25. The highest BCUT2D eigenvalue weighted by molar-refractivity contribution is 8.00. The van der Waals surface area contributed by atoms with E-state index in [-0.39, 0.29) is 17.4 Å². The second-order valence-electron chi connectivity index (χ2n) is 10.2. The number of halogens is 1. The summed E-state index contributed by atoms with van der Waals surface area (Å²) in [5.74, 6) is 0.125. The van der Waals surface area contributed by atoms with E-state index in [1.807, 2.05) is 68.4 Å². The fraction of sp³-hybridized carbons (Fsp3) is 0.0833. The van der Waals surface area contributed by atoms with Gasteiger partial charge in [0.05, 0.1) is 5.75 Å². The van der Waals surface area contributed by atoms with Crippen LogP contribution in [0.1, 0.15) is 27.2 Å². The van der Waals surface area contributed by atoms with Crippen molar-refractivity contribution in [3.05, 3.63) is 142 Å². The van der Waals surface area contributed by atoms with E-state index in [1.165, 1.54) is 17.8 Å². The number of nitrogens with one attached hydrogen (secondary N) is 3. The molecule has 0 aliphatic rings. The van der Waals surface area contributed by atoms with Crippen LogP contribution in [0.5, 0.6) is 0 Å². The van der Waals surface area contributed by atoms with Gasteiger partial charge in [-0.1, -0.05) is 65.7 Å². The molecule has 1 aromatic heterocycles. The van der Waals surface area contributed by atoms with Crippen molar-refractivity contribution in [1.29, 1.82) is 0 Å². The van der Waals surface area contributed by atoms with Crippen molar-refractivity contribution < 1.29 is 18.8 Å². The number of anilines is 2. The van der Waals surface area contributed by atoms with Gasteiger partial charge in [-0.25, -0.2) is 0 Å². The zero-order chi connectivity index (χ0) is 31.8. The van der Waals surface area contributed by atoms with Gasteiger partial charge < -0.3 is 20.4 Å². The van der Waals surface area contributed by atoms with Gasteiger partial charge in [0.15, 0.2) is 0 Å². The lowest BCUT2D eigenvalue weighted by Gasteiger charge is -2.11. The average molecular weight is 636 g/mol. The number of thioether (sulfide) groups is 1. The van der Waals surface area contributed by atoms with Crippen LogP contribution in [0, 0.1) is 13.8 Å². The van der Waals surface area contributed by atoms with E-state index < -0.39 is 11.8 Å². The first-order valence-electron chi connectivity index (χ1n) is 14.1.